The zero-order valence-electron chi connectivity index (χ0n) is 17.1. The highest BCUT2D eigenvalue weighted by molar-refractivity contribution is 7.99. The zero-order valence-corrected chi connectivity index (χ0v) is 17.6. The van der Waals surface area contributed by atoms with Gasteiger partial charge in [-0.25, -0.2) is 4.79 Å². The molecule has 3 rings (SSSR count). The minimum Gasteiger partial charge on any atom is -1.00 e. The average molecular weight is 422 g/mol. The van der Waals surface area contributed by atoms with Crippen LogP contribution in [0.4, 0.5) is 21.9 Å². The standard InChI is InChI=1S/C20H23N3O3S.ClH/c1-4-26-20(25)21-14-9-10-18-16(13-14)23(19(24)11-12-22(2)3)15-7-5-6-8-17(15)27-18;/h5-10,13H,4,11-12H2,1-3H3,(H,21,25);1H. The van der Waals surface area contributed by atoms with Crippen molar-refractivity contribution in [3.05, 3.63) is 42.5 Å². The van der Waals surface area contributed by atoms with Gasteiger partial charge in [-0.3, -0.25) is 15.0 Å². The molecule has 0 bridgehead atoms. The van der Waals surface area contributed by atoms with E-state index < -0.39 is 6.09 Å². The number of carbonyl (C=O) groups is 2. The second-order valence-electron chi connectivity index (χ2n) is 6.38. The van der Waals surface area contributed by atoms with Gasteiger partial charge in [0.25, 0.3) is 0 Å². The normalized spacial score (nSPS) is 11.9. The van der Waals surface area contributed by atoms with Gasteiger partial charge in [-0.1, -0.05) is 23.9 Å². The lowest BCUT2D eigenvalue weighted by molar-refractivity contribution is -0.118. The van der Waals surface area contributed by atoms with Crippen molar-refractivity contribution in [2.24, 2.45) is 0 Å². The molecule has 1 heterocycles. The molecule has 2 amide bonds. The van der Waals surface area contributed by atoms with Crippen molar-refractivity contribution >= 4 is 40.8 Å². The summed E-state index contributed by atoms with van der Waals surface area (Å²) in [6, 6.07) is 13.4. The van der Waals surface area contributed by atoms with E-state index in [1.54, 1.807) is 23.6 Å². The van der Waals surface area contributed by atoms with Crippen LogP contribution in [-0.4, -0.2) is 44.1 Å². The first-order chi connectivity index (χ1) is 13.0. The van der Waals surface area contributed by atoms with Crippen molar-refractivity contribution in [1.82, 2.24) is 4.90 Å². The first-order valence-corrected chi connectivity index (χ1v) is 9.63. The summed E-state index contributed by atoms with van der Waals surface area (Å²) in [6.45, 7) is 2.72. The van der Waals surface area contributed by atoms with Gasteiger partial charge in [0, 0.05) is 28.4 Å². The van der Waals surface area contributed by atoms with Gasteiger partial charge in [0.05, 0.1) is 18.0 Å². The topological polar surface area (TPSA) is 61.9 Å². The van der Waals surface area contributed by atoms with Crippen LogP contribution < -0.4 is 22.6 Å². The molecule has 28 heavy (non-hydrogen) atoms. The summed E-state index contributed by atoms with van der Waals surface area (Å²) < 4.78 is 4.94. The molecule has 0 radical (unpaired) electrons. The van der Waals surface area contributed by atoms with Crippen molar-refractivity contribution < 1.29 is 28.2 Å². The third-order valence-electron chi connectivity index (χ3n) is 4.07. The zero-order chi connectivity index (χ0) is 19.4. The van der Waals surface area contributed by atoms with Crippen LogP contribution in [0.25, 0.3) is 0 Å². The number of para-hydroxylation sites is 1. The third-order valence-corrected chi connectivity index (χ3v) is 5.20. The maximum absolute atomic E-state index is 13.0. The van der Waals surface area contributed by atoms with Crippen molar-refractivity contribution in [1.29, 1.82) is 0 Å². The molecule has 0 atom stereocenters. The van der Waals surface area contributed by atoms with Gasteiger partial charge >= 0.3 is 7.52 Å². The van der Waals surface area contributed by atoms with Crippen LogP contribution in [0.1, 0.15) is 14.8 Å². The number of halogens is 1. The molecule has 0 aliphatic carbocycles. The number of rotatable bonds is 5. The van der Waals surface area contributed by atoms with E-state index in [9.17, 15) is 9.59 Å². The van der Waals surface area contributed by atoms with Crippen molar-refractivity contribution in [3.8, 4) is 0 Å². The van der Waals surface area contributed by atoms with Crippen molar-refractivity contribution in [3.63, 3.8) is 0 Å². The lowest BCUT2D eigenvalue weighted by Gasteiger charge is -2.31. The van der Waals surface area contributed by atoms with E-state index in [1.807, 2.05) is 61.5 Å². The molecule has 2 aromatic carbocycles. The second kappa shape index (κ2) is 9.82. The Morgan fingerprint density at radius 2 is 1.86 bits per heavy atom. The molecular weight excluding hydrogens is 398 g/mol. The van der Waals surface area contributed by atoms with E-state index in [-0.39, 0.29) is 19.7 Å². The summed E-state index contributed by atoms with van der Waals surface area (Å²) in [4.78, 5) is 30.5. The summed E-state index contributed by atoms with van der Waals surface area (Å²) in [6.07, 6.45) is -0.104. The van der Waals surface area contributed by atoms with E-state index >= 15 is 0 Å². The van der Waals surface area contributed by atoms with Crippen LogP contribution in [-0.2, 0) is 9.53 Å². The van der Waals surface area contributed by atoms with E-state index in [4.69, 9.17) is 4.74 Å². The molecule has 0 aromatic heterocycles. The fourth-order valence-corrected chi connectivity index (χ4v) is 3.86. The van der Waals surface area contributed by atoms with Gasteiger partial charge in [-0.05, 0) is 51.4 Å². The summed E-state index contributed by atoms with van der Waals surface area (Å²) in [5.41, 5.74) is 2.24. The fraction of sp³-hybridized carbons (Fsp3) is 0.300. The summed E-state index contributed by atoms with van der Waals surface area (Å²) in [7, 11) is 3.89. The Hall–Kier alpha value is -2.22. The largest absolute Gasteiger partial charge is 1.00 e. The monoisotopic (exact) mass is 421 g/mol. The maximum Gasteiger partial charge on any atom is 1.00 e. The Kier molecular flexibility index (Phi) is 7.74. The van der Waals surface area contributed by atoms with Crippen molar-refractivity contribution in [2.75, 3.05) is 37.5 Å². The van der Waals surface area contributed by atoms with Crippen LogP contribution >= 0.6 is 11.8 Å². The van der Waals surface area contributed by atoms with Gasteiger partial charge in [0.15, 0.2) is 0 Å². The average Bonchev–Trinajstić information content (AvgIpc) is 2.64. The highest BCUT2D eigenvalue weighted by Crippen LogP contribution is 2.49. The number of nitrogens with zero attached hydrogens (tertiary/aromatic N) is 2. The number of nitrogens with one attached hydrogen (secondary N) is 1. The smallest absolute Gasteiger partial charge is 1.00 e. The molecule has 150 valence electrons. The molecule has 2 aromatic rings. The molecule has 0 unspecified atom stereocenters. The van der Waals surface area contributed by atoms with Crippen LogP contribution in [0.3, 0.4) is 0 Å². The van der Waals surface area contributed by atoms with Gasteiger partial charge in [0.1, 0.15) is 0 Å². The van der Waals surface area contributed by atoms with E-state index in [0.717, 1.165) is 21.2 Å². The number of fused-ring (bicyclic) bond motifs is 2. The number of hydrogen-bond acceptors (Lipinski definition) is 5. The van der Waals surface area contributed by atoms with Gasteiger partial charge in [-0.2, -0.15) is 0 Å². The molecule has 1 aliphatic heterocycles. The van der Waals surface area contributed by atoms with E-state index in [0.29, 0.717) is 25.3 Å². The summed E-state index contributed by atoms with van der Waals surface area (Å²) >= 11 is 1.62. The van der Waals surface area contributed by atoms with Crippen LogP contribution in [0.5, 0.6) is 0 Å². The second-order valence-corrected chi connectivity index (χ2v) is 7.46. The number of amides is 2. The lowest BCUT2D eigenvalue weighted by Crippen LogP contribution is -3.00. The van der Waals surface area contributed by atoms with Crippen LogP contribution in [0.2, 0.25) is 0 Å². The molecule has 0 saturated carbocycles. The number of benzene rings is 2. The predicted molar refractivity (Wildman–Crippen MR) is 109 cm³/mol. The van der Waals surface area contributed by atoms with Crippen LogP contribution in [0.15, 0.2) is 52.3 Å². The molecule has 0 fully saturated rings. The molecule has 8 heteroatoms. The Labute approximate surface area is 177 Å². The number of anilines is 3. The molecule has 6 nitrogen and oxygen atoms in total. The van der Waals surface area contributed by atoms with E-state index in [1.165, 1.54) is 0 Å². The van der Waals surface area contributed by atoms with Gasteiger partial charge in [-0.15, -0.1) is 0 Å². The summed E-state index contributed by atoms with van der Waals surface area (Å²) in [5.74, 6) is 0.0194. The summed E-state index contributed by atoms with van der Waals surface area (Å²) in [5, 5.41) is 2.71. The molecule has 0 saturated heterocycles. The fourth-order valence-electron chi connectivity index (χ4n) is 2.82. The minimum absolute atomic E-state index is 0. The minimum atomic E-state index is -0.508. The highest BCUT2D eigenvalue weighted by Gasteiger charge is 2.28. The van der Waals surface area contributed by atoms with Crippen LogP contribution in [0, 0.1) is 0 Å². The van der Waals surface area contributed by atoms with Gasteiger partial charge in [0.2, 0.25) is 5.91 Å². The molecular formula is C20H24ClN3O3S. The van der Waals surface area contributed by atoms with Crippen molar-refractivity contribution in [2.45, 2.75) is 23.1 Å². The Balaban J connectivity index is 0.00000210. The predicted octanol–water partition coefficient (Wildman–Crippen LogP) is 1.45. The third kappa shape index (κ3) is 4.98. The molecule has 0 spiro atoms. The van der Waals surface area contributed by atoms with Gasteiger partial charge < -0.3 is 22.0 Å². The number of hydrogen-bond donors (Lipinski definition) is 1. The number of carbonyl (C=O) groups excluding carboxylic acids is 2. The Bertz CT molecular complexity index is 867. The molecule has 1 aliphatic rings. The Morgan fingerprint density at radius 3 is 2.57 bits per heavy atom. The quantitative estimate of drug-likeness (QED) is 0.791. The highest BCUT2D eigenvalue weighted by atomic mass is 35.5. The first-order valence-electron chi connectivity index (χ1n) is 8.82. The maximum atomic E-state index is 13.0. The SMILES string of the molecule is CCOC(=O)Nc1ccc2c(c1)N(C(=O)CCN(C)C)c1ccccc1S2.[Cl-].[H+]. The number of ether oxygens (including phenoxy) is 1. The first kappa shape index (κ1) is 22.1. The lowest BCUT2D eigenvalue weighted by atomic mass is 10.2. The van der Waals surface area contributed by atoms with E-state index in [2.05, 4.69) is 5.32 Å². The molecule has 1 N–H and O–H groups in total. The Morgan fingerprint density at radius 1 is 1.14 bits per heavy atom.